The van der Waals surface area contributed by atoms with Gasteiger partial charge >= 0.3 is 0 Å². The molecular weight excluding hydrogens is 272 g/mol. The number of benzene rings is 1. The van der Waals surface area contributed by atoms with E-state index in [1.165, 1.54) is 6.42 Å². The van der Waals surface area contributed by atoms with Crippen LogP contribution in [-0.4, -0.2) is 15.5 Å². The van der Waals surface area contributed by atoms with Crippen molar-refractivity contribution in [1.29, 1.82) is 0 Å². The molecule has 104 valence electrons. The summed E-state index contributed by atoms with van der Waals surface area (Å²) >= 11 is 6.17. The SMILES string of the molecule is CC1(Nc2nc(Nc3ccccc3)ncc2Cl)CCC1. The molecule has 1 saturated carbocycles. The quantitative estimate of drug-likeness (QED) is 0.884. The highest BCUT2D eigenvalue weighted by molar-refractivity contribution is 6.32. The molecule has 0 spiro atoms. The van der Waals surface area contributed by atoms with Gasteiger partial charge in [0.25, 0.3) is 0 Å². The van der Waals surface area contributed by atoms with E-state index in [0.29, 0.717) is 16.8 Å². The second kappa shape index (κ2) is 5.29. The van der Waals surface area contributed by atoms with Crippen molar-refractivity contribution in [3.63, 3.8) is 0 Å². The summed E-state index contributed by atoms with van der Waals surface area (Å²) in [6, 6.07) is 9.84. The van der Waals surface area contributed by atoms with Crippen molar-refractivity contribution >= 4 is 29.1 Å². The third-order valence-corrected chi connectivity index (χ3v) is 3.93. The van der Waals surface area contributed by atoms with E-state index in [1.807, 2.05) is 30.3 Å². The zero-order valence-electron chi connectivity index (χ0n) is 11.4. The van der Waals surface area contributed by atoms with E-state index >= 15 is 0 Å². The second-order valence-corrected chi connectivity index (χ2v) is 5.83. The topological polar surface area (TPSA) is 49.8 Å². The molecule has 0 aliphatic heterocycles. The molecule has 20 heavy (non-hydrogen) atoms. The Hall–Kier alpha value is -1.81. The van der Waals surface area contributed by atoms with E-state index in [1.54, 1.807) is 6.20 Å². The first-order valence-electron chi connectivity index (χ1n) is 6.77. The minimum Gasteiger partial charge on any atom is -0.364 e. The Morgan fingerprint density at radius 1 is 1.20 bits per heavy atom. The summed E-state index contributed by atoms with van der Waals surface area (Å²) < 4.78 is 0. The fourth-order valence-electron chi connectivity index (χ4n) is 2.28. The Kier molecular flexibility index (Phi) is 3.49. The molecule has 2 N–H and O–H groups in total. The smallest absolute Gasteiger partial charge is 0.229 e. The van der Waals surface area contributed by atoms with Crippen LogP contribution in [0.3, 0.4) is 0 Å². The van der Waals surface area contributed by atoms with Gasteiger partial charge < -0.3 is 10.6 Å². The minimum atomic E-state index is 0.113. The average molecular weight is 289 g/mol. The maximum Gasteiger partial charge on any atom is 0.229 e. The number of aromatic nitrogens is 2. The van der Waals surface area contributed by atoms with Gasteiger partial charge in [-0.05, 0) is 38.3 Å². The van der Waals surface area contributed by atoms with E-state index < -0.39 is 0 Å². The molecule has 4 nitrogen and oxygen atoms in total. The molecule has 3 rings (SSSR count). The first-order valence-corrected chi connectivity index (χ1v) is 7.15. The van der Waals surface area contributed by atoms with Crippen LogP contribution in [0.4, 0.5) is 17.5 Å². The minimum absolute atomic E-state index is 0.113. The summed E-state index contributed by atoms with van der Waals surface area (Å²) in [7, 11) is 0. The lowest BCUT2D eigenvalue weighted by atomic mass is 9.78. The van der Waals surface area contributed by atoms with E-state index in [2.05, 4.69) is 27.5 Å². The fraction of sp³-hybridized carbons (Fsp3) is 0.333. The molecule has 0 amide bonds. The highest BCUT2D eigenvalue weighted by Crippen LogP contribution is 2.36. The predicted octanol–water partition coefficient (Wildman–Crippen LogP) is 4.23. The van der Waals surface area contributed by atoms with Gasteiger partial charge in [0.15, 0.2) is 5.82 Å². The van der Waals surface area contributed by atoms with Crippen LogP contribution in [0.25, 0.3) is 0 Å². The van der Waals surface area contributed by atoms with Crippen LogP contribution >= 0.6 is 11.6 Å². The van der Waals surface area contributed by atoms with Crippen LogP contribution in [0.2, 0.25) is 5.02 Å². The molecule has 1 aromatic carbocycles. The Balaban J connectivity index is 1.79. The Bertz CT molecular complexity index is 596. The maximum atomic E-state index is 6.17. The van der Waals surface area contributed by atoms with Gasteiger partial charge in [-0.15, -0.1) is 0 Å². The molecule has 1 fully saturated rings. The van der Waals surface area contributed by atoms with Gasteiger partial charge in [-0.3, -0.25) is 0 Å². The van der Waals surface area contributed by atoms with Crippen LogP contribution in [0.15, 0.2) is 36.5 Å². The predicted molar refractivity (Wildman–Crippen MR) is 82.6 cm³/mol. The number of hydrogen-bond donors (Lipinski definition) is 2. The number of para-hydroxylation sites is 1. The van der Waals surface area contributed by atoms with Gasteiger partial charge in [0.1, 0.15) is 5.02 Å². The molecule has 0 unspecified atom stereocenters. The van der Waals surface area contributed by atoms with Gasteiger partial charge in [-0.2, -0.15) is 4.98 Å². The van der Waals surface area contributed by atoms with Crippen LogP contribution < -0.4 is 10.6 Å². The molecule has 1 aromatic heterocycles. The summed E-state index contributed by atoms with van der Waals surface area (Å²) in [6.07, 6.45) is 5.18. The number of anilines is 3. The number of halogens is 1. The summed E-state index contributed by atoms with van der Waals surface area (Å²) in [5.41, 5.74) is 1.07. The Labute approximate surface area is 123 Å². The number of hydrogen-bond acceptors (Lipinski definition) is 4. The summed E-state index contributed by atoms with van der Waals surface area (Å²) in [4.78, 5) is 8.68. The largest absolute Gasteiger partial charge is 0.364 e. The van der Waals surface area contributed by atoms with Crippen molar-refractivity contribution in [2.75, 3.05) is 10.6 Å². The summed E-state index contributed by atoms with van der Waals surface area (Å²) in [5.74, 6) is 1.24. The third-order valence-electron chi connectivity index (χ3n) is 3.65. The monoisotopic (exact) mass is 288 g/mol. The van der Waals surface area contributed by atoms with E-state index in [-0.39, 0.29) is 5.54 Å². The highest BCUT2D eigenvalue weighted by Gasteiger charge is 2.32. The molecular formula is C15H17ClN4. The number of nitrogens with one attached hydrogen (secondary N) is 2. The van der Waals surface area contributed by atoms with Crippen molar-refractivity contribution in [2.45, 2.75) is 31.7 Å². The van der Waals surface area contributed by atoms with Crippen molar-refractivity contribution < 1.29 is 0 Å². The maximum absolute atomic E-state index is 6.17. The Morgan fingerprint density at radius 3 is 2.60 bits per heavy atom. The lowest BCUT2D eigenvalue weighted by Crippen LogP contribution is -2.42. The molecule has 2 aromatic rings. The normalized spacial score (nSPS) is 16.3. The lowest BCUT2D eigenvalue weighted by Gasteiger charge is -2.39. The molecule has 1 heterocycles. The van der Waals surface area contributed by atoms with Gasteiger partial charge in [0.2, 0.25) is 5.95 Å². The number of rotatable bonds is 4. The molecule has 5 heteroatoms. The van der Waals surface area contributed by atoms with Crippen LogP contribution in [0.5, 0.6) is 0 Å². The molecule has 0 bridgehead atoms. The zero-order chi connectivity index (χ0) is 14.0. The molecule has 0 radical (unpaired) electrons. The van der Waals surface area contributed by atoms with Crippen molar-refractivity contribution in [3.8, 4) is 0 Å². The third kappa shape index (κ3) is 2.85. The van der Waals surface area contributed by atoms with E-state index in [0.717, 1.165) is 18.5 Å². The van der Waals surface area contributed by atoms with Crippen LogP contribution in [0.1, 0.15) is 26.2 Å². The summed E-state index contributed by atoms with van der Waals surface area (Å²) in [5, 5.41) is 7.15. The standard InChI is InChI=1S/C15H17ClN4/c1-15(8-5-9-15)20-13-12(16)10-17-14(19-13)18-11-6-3-2-4-7-11/h2-4,6-7,10H,5,8-9H2,1H3,(H2,17,18,19,20). The van der Waals surface area contributed by atoms with E-state index in [4.69, 9.17) is 11.6 Å². The fourth-order valence-corrected chi connectivity index (χ4v) is 2.42. The van der Waals surface area contributed by atoms with Crippen molar-refractivity contribution in [1.82, 2.24) is 9.97 Å². The van der Waals surface area contributed by atoms with Gasteiger partial charge in [0.05, 0.1) is 6.20 Å². The zero-order valence-corrected chi connectivity index (χ0v) is 12.1. The lowest BCUT2D eigenvalue weighted by molar-refractivity contribution is 0.306. The van der Waals surface area contributed by atoms with E-state index in [9.17, 15) is 0 Å². The van der Waals surface area contributed by atoms with Gasteiger partial charge in [-0.1, -0.05) is 29.8 Å². The highest BCUT2D eigenvalue weighted by atomic mass is 35.5. The first-order chi connectivity index (χ1) is 9.65. The molecule has 0 atom stereocenters. The van der Waals surface area contributed by atoms with Crippen LogP contribution in [-0.2, 0) is 0 Å². The molecule has 0 saturated heterocycles. The van der Waals surface area contributed by atoms with Crippen molar-refractivity contribution in [3.05, 3.63) is 41.6 Å². The van der Waals surface area contributed by atoms with Crippen LogP contribution in [0, 0.1) is 0 Å². The van der Waals surface area contributed by atoms with Crippen molar-refractivity contribution in [2.24, 2.45) is 0 Å². The second-order valence-electron chi connectivity index (χ2n) is 5.42. The summed E-state index contributed by atoms with van der Waals surface area (Å²) in [6.45, 7) is 2.19. The van der Waals surface area contributed by atoms with Gasteiger partial charge in [-0.25, -0.2) is 4.98 Å². The molecule has 1 aliphatic carbocycles. The van der Waals surface area contributed by atoms with Gasteiger partial charge in [0, 0.05) is 11.2 Å². The number of nitrogens with zero attached hydrogens (tertiary/aromatic N) is 2. The Morgan fingerprint density at radius 2 is 1.95 bits per heavy atom. The average Bonchev–Trinajstić information content (AvgIpc) is 2.42. The first kappa shape index (κ1) is 13.2. The molecule has 1 aliphatic rings.